The molecule has 2 atom stereocenters. The number of halogens is 3. The van der Waals surface area contributed by atoms with Gasteiger partial charge >= 0.3 is 5.97 Å². The fraction of sp³-hybridized carbons (Fsp3) is 0.312. The summed E-state index contributed by atoms with van der Waals surface area (Å²) in [5, 5.41) is 9.98. The Kier molecular flexibility index (Phi) is 5.75. The number of amides is 1. The van der Waals surface area contributed by atoms with Gasteiger partial charge in [-0.15, -0.1) is 23.4 Å². The Morgan fingerprint density at radius 3 is 2.73 bits per heavy atom. The monoisotopic (exact) mass is 450 g/mol. The van der Waals surface area contributed by atoms with Crippen LogP contribution in [0, 0.1) is 0 Å². The maximum atomic E-state index is 12.9. The average Bonchev–Trinajstić information content (AvgIpc) is 2.59. The van der Waals surface area contributed by atoms with Crippen molar-refractivity contribution in [3.05, 3.63) is 39.5 Å². The number of β-lactam (4-membered cyclic amide) rings is 1. The smallest absolute Gasteiger partial charge is 0.352 e. The number of alkyl halides is 1. The van der Waals surface area contributed by atoms with Gasteiger partial charge in [-0.1, -0.05) is 35.4 Å². The lowest BCUT2D eigenvalue weighted by molar-refractivity contribution is -0.147. The zero-order valence-electron chi connectivity index (χ0n) is 13.4. The molecule has 26 heavy (non-hydrogen) atoms. The predicted octanol–water partition coefficient (Wildman–Crippen LogP) is 4.01. The quantitative estimate of drug-likeness (QED) is 0.424. The molecule has 1 fully saturated rings. The normalized spacial score (nSPS) is 22.0. The number of thioether (sulfide) groups is 1. The van der Waals surface area contributed by atoms with Crippen molar-refractivity contribution in [3.8, 4) is 0 Å². The molecule has 0 aliphatic carbocycles. The lowest BCUT2D eigenvalue weighted by atomic mass is 10.0. The molecule has 2 heterocycles. The van der Waals surface area contributed by atoms with Gasteiger partial charge in [0.2, 0.25) is 0 Å². The zero-order chi connectivity index (χ0) is 19.2. The first-order chi connectivity index (χ1) is 12.3. The Labute approximate surface area is 174 Å². The van der Waals surface area contributed by atoms with Crippen LogP contribution in [0.5, 0.6) is 0 Å². The number of hydrogen-bond donors (Lipinski definition) is 1. The van der Waals surface area contributed by atoms with Gasteiger partial charge in [-0.05, 0) is 30.7 Å². The van der Waals surface area contributed by atoms with Crippen molar-refractivity contribution in [2.24, 2.45) is 0 Å². The van der Waals surface area contributed by atoms with E-state index in [4.69, 9.17) is 47.0 Å². The molecule has 1 saturated heterocycles. The van der Waals surface area contributed by atoms with Crippen molar-refractivity contribution < 1.29 is 14.7 Å². The highest BCUT2D eigenvalue weighted by atomic mass is 35.5. The van der Waals surface area contributed by atoms with Crippen LogP contribution in [0.4, 0.5) is 5.69 Å². The maximum absolute atomic E-state index is 12.9. The topological polar surface area (TPSA) is 60.9 Å². The molecule has 0 saturated carbocycles. The molecule has 2 aliphatic rings. The number of hydrogen-bond acceptors (Lipinski definition) is 4. The van der Waals surface area contributed by atoms with Gasteiger partial charge in [0.15, 0.2) is 0 Å². The van der Waals surface area contributed by atoms with Crippen molar-refractivity contribution in [2.75, 3.05) is 16.5 Å². The van der Waals surface area contributed by atoms with Crippen molar-refractivity contribution in [1.29, 1.82) is 0 Å². The molecule has 0 aromatic heterocycles. The first-order valence-electron chi connectivity index (χ1n) is 7.48. The van der Waals surface area contributed by atoms with Crippen LogP contribution in [0.25, 0.3) is 0 Å². The highest BCUT2D eigenvalue weighted by Crippen LogP contribution is 2.45. The molecule has 5 nitrogen and oxygen atoms in total. The van der Waals surface area contributed by atoms with Crippen molar-refractivity contribution in [2.45, 2.75) is 18.3 Å². The van der Waals surface area contributed by atoms with E-state index in [1.807, 2.05) is 0 Å². The minimum atomic E-state index is -1.16. The Morgan fingerprint density at radius 1 is 1.46 bits per heavy atom. The summed E-state index contributed by atoms with van der Waals surface area (Å²) in [7, 11) is 0. The van der Waals surface area contributed by atoms with Crippen molar-refractivity contribution in [1.82, 2.24) is 4.90 Å². The minimum absolute atomic E-state index is 0.0378. The number of anilines is 1. The second-order valence-electron chi connectivity index (χ2n) is 5.73. The third kappa shape index (κ3) is 3.20. The highest BCUT2D eigenvalue weighted by Gasteiger charge is 2.56. The van der Waals surface area contributed by atoms with Gasteiger partial charge < -0.3 is 10.0 Å². The van der Waals surface area contributed by atoms with Crippen LogP contribution in [0.3, 0.4) is 0 Å². The van der Waals surface area contributed by atoms with E-state index < -0.39 is 17.4 Å². The van der Waals surface area contributed by atoms with Gasteiger partial charge in [0, 0.05) is 16.7 Å². The Hall–Kier alpha value is -0.990. The van der Waals surface area contributed by atoms with E-state index in [-0.39, 0.29) is 17.5 Å². The summed E-state index contributed by atoms with van der Waals surface area (Å²) >= 11 is 25.0. The van der Waals surface area contributed by atoms with E-state index in [0.29, 0.717) is 32.0 Å². The van der Waals surface area contributed by atoms with Crippen molar-refractivity contribution in [3.63, 3.8) is 0 Å². The van der Waals surface area contributed by atoms with Gasteiger partial charge in [-0.25, -0.2) is 4.79 Å². The number of carboxylic acid groups (broad SMARTS) is 1. The molecule has 0 radical (unpaired) electrons. The van der Waals surface area contributed by atoms with E-state index in [1.54, 1.807) is 30.0 Å². The summed E-state index contributed by atoms with van der Waals surface area (Å²) < 4.78 is 0. The molecule has 1 N–H and O–H groups in total. The molecular formula is C16H13Cl3N2O3S2. The number of aliphatic carboxylic acids is 1. The molecular weight excluding hydrogens is 439 g/mol. The summed E-state index contributed by atoms with van der Waals surface area (Å²) in [6.07, 6.45) is 0. The van der Waals surface area contributed by atoms with Crippen LogP contribution < -0.4 is 4.90 Å². The number of carbonyl (C=O) groups excluding carboxylic acids is 1. The Morgan fingerprint density at radius 2 is 2.15 bits per heavy atom. The summed E-state index contributed by atoms with van der Waals surface area (Å²) in [5.41, 5.74) is 1.01. The Balaban J connectivity index is 2.01. The number of fused-ring (bicyclic) bond motifs is 1. The van der Waals surface area contributed by atoms with E-state index in [1.165, 1.54) is 16.7 Å². The standard InChI is InChI=1S/C16H13Cl3N2O3S2/c1-7(25)20(11-4-9(18)2-3-10(11)19)13-14(22)21-12(16(23)24)8(5-17)6-26-15(13)21/h2-4,13,15H,5-6H2,1H3,(H,23,24)/t13?,15-/m1/s1. The lowest BCUT2D eigenvalue weighted by Crippen LogP contribution is -2.71. The van der Waals surface area contributed by atoms with Crippen LogP contribution in [-0.4, -0.2) is 49.9 Å². The van der Waals surface area contributed by atoms with Crippen LogP contribution >= 0.6 is 58.8 Å². The molecule has 1 unspecified atom stereocenters. The minimum Gasteiger partial charge on any atom is -0.477 e. The second-order valence-corrected chi connectivity index (χ2v) is 8.54. The predicted molar refractivity (Wildman–Crippen MR) is 109 cm³/mol. The van der Waals surface area contributed by atoms with Gasteiger partial charge in [-0.2, -0.15) is 0 Å². The second kappa shape index (κ2) is 7.56. The van der Waals surface area contributed by atoms with Crippen molar-refractivity contribution >= 4 is 81.3 Å². The van der Waals surface area contributed by atoms with Crippen LogP contribution in [0.15, 0.2) is 29.5 Å². The van der Waals surface area contributed by atoms with E-state index >= 15 is 0 Å². The Bertz CT molecular complexity index is 846. The first kappa shape index (κ1) is 19.8. The third-order valence-electron chi connectivity index (χ3n) is 4.17. The molecule has 138 valence electrons. The molecule has 0 bridgehead atoms. The summed E-state index contributed by atoms with van der Waals surface area (Å²) in [4.78, 5) is 27.9. The fourth-order valence-corrected chi connectivity index (χ4v) is 5.37. The zero-order valence-corrected chi connectivity index (χ0v) is 17.3. The van der Waals surface area contributed by atoms with Gasteiger partial charge in [0.05, 0.1) is 15.7 Å². The number of nitrogens with zero attached hydrogens (tertiary/aromatic N) is 2. The number of rotatable bonds is 4. The average molecular weight is 452 g/mol. The lowest BCUT2D eigenvalue weighted by Gasteiger charge is -2.53. The number of carboxylic acids is 1. The maximum Gasteiger partial charge on any atom is 0.352 e. The SMILES string of the molecule is CC(=S)N(c1cc(Cl)ccc1Cl)C1C(=O)N2C(C(=O)O)=C(CCl)CS[C@H]12. The largest absolute Gasteiger partial charge is 0.477 e. The number of benzene rings is 1. The van der Waals surface area contributed by atoms with Gasteiger partial charge in [-0.3, -0.25) is 9.69 Å². The van der Waals surface area contributed by atoms with E-state index in [0.717, 1.165) is 0 Å². The summed E-state index contributed by atoms with van der Waals surface area (Å²) in [6, 6.07) is 4.27. The highest BCUT2D eigenvalue weighted by molar-refractivity contribution is 8.00. The van der Waals surface area contributed by atoms with Crippen LogP contribution in [0.1, 0.15) is 6.92 Å². The van der Waals surface area contributed by atoms with Gasteiger partial charge in [0.25, 0.3) is 5.91 Å². The third-order valence-corrected chi connectivity index (χ3v) is 6.57. The summed E-state index contributed by atoms with van der Waals surface area (Å²) in [5.74, 6) is -1.03. The number of carbonyl (C=O) groups is 2. The molecule has 1 aromatic rings. The first-order valence-corrected chi connectivity index (χ1v) is 10.2. The molecule has 2 aliphatic heterocycles. The van der Waals surface area contributed by atoms with Gasteiger partial charge in [0.1, 0.15) is 17.1 Å². The molecule has 1 aromatic carbocycles. The molecule has 0 spiro atoms. The molecule has 1 amide bonds. The van der Waals surface area contributed by atoms with Crippen LogP contribution in [-0.2, 0) is 9.59 Å². The number of thiocarbonyl (C=S) groups is 1. The summed E-state index contributed by atoms with van der Waals surface area (Å²) in [6.45, 7) is 1.69. The molecule has 10 heteroatoms. The van der Waals surface area contributed by atoms with E-state index in [2.05, 4.69) is 0 Å². The fourth-order valence-electron chi connectivity index (χ4n) is 3.06. The molecule has 3 rings (SSSR count). The van der Waals surface area contributed by atoms with Crippen LogP contribution in [0.2, 0.25) is 10.0 Å². The van der Waals surface area contributed by atoms with E-state index in [9.17, 15) is 14.7 Å².